The van der Waals surface area contributed by atoms with Crippen molar-refractivity contribution >= 4 is 33.4 Å². The summed E-state index contributed by atoms with van der Waals surface area (Å²) in [5.74, 6) is -0.0530. The third kappa shape index (κ3) is 3.00. The molecule has 0 N–H and O–H groups in total. The fourth-order valence-electron chi connectivity index (χ4n) is 2.32. The van der Waals surface area contributed by atoms with Gasteiger partial charge in [0, 0.05) is 29.1 Å². The average molecular weight is 390 g/mol. The molecule has 122 valence electrons. The number of nitro benzene ring substituents is 1. The summed E-state index contributed by atoms with van der Waals surface area (Å²) >= 11 is 3.42. The number of nitro groups is 1. The number of benzene rings is 2. The van der Waals surface area contributed by atoms with Crippen molar-refractivity contribution in [2.45, 2.75) is 13.2 Å². The largest absolute Gasteiger partial charge is 0.446 e. The second-order valence-electron chi connectivity index (χ2n) is 5.07. The number of halogens is 1. The van der Waals surface area contributed by atoms with E-state index in [1.165, 1.54) is 24.1 Å². The molecule has 7 nitrogen and oxygen atoms in total. The van der Waals surface area contributed by atoms with Crippen molar-refractivity contribution in [3.8, 4) is 0 Å². The van der Waals surface area contributed by atoms with Gasteiger partial charge in [-0.2, -0.15) is 5.01 Å². The second kappa shape index (κ2) is 6.40. The van der Waals surface area contributed by atoms with Gasteiger partial charge in [0.2, 0.25) is 18.0 Å². The van der Waals surface area contributed by atoms with Crippen molar-refractivity contribution in [3.05, 3.63) is 74.2 Å². The van der Waals surface area contributed by atoms with E-state index in [2.05, 4.69) is 21.0 Å². The lowest BCUT2D eigenvalue weighted by molar-refractivity contribution is -0.385. The summed E-state index contributed by atoms with van der Waals surface area (Å²) < 4.78 is 6.60. The molecule has 0 spiro atoms. The van der Waals surface area contributed by atoms with Gasteiger partial charge in [-0.3, -0.25) is 14.9 Å². The predicted octanol–water partition coefficient (Wildman–Crippen LogP) is 3.60. The van der Waals surface area contributed by atoms with Crippen molar-refractivity contribution in [2.24, 2.45) is 5.10 Å². The van der Waals surface area contributed by atoms with Gasteiger partial charge in [0.25, 0.3) is 5.69 Å². The van der Waals surface area contributed by atoms with Gasteiger partial charge in [-0.05, 0) is 28.1 Å². The summed E-state index contributed by atoms with van der Waals surface area (Å²) in [6, 6.07) is 13.3. The van der Waals surface area contributed by atoms with Gasteiger partial charge >= 0.3 is 0 Å². The number of carbonyl (C=O) groups is 1. The Balaban J connectivity index is 1.99. The van der Waals surface area contributed by atoms with E-state index in [1.807, 2.05) is 18.2 Å². The summed E-state index contributed by atoms with van der Waals surface area (Å²) in [5, 5.41) is 16.4. The molecule has 0 saturated carbocycles. The maximum absolute atomic E-state index is 11.9. The van der Waals surface area contributed by atoms with Crippen LogP contribution in [0.1, 0.15) is 24.3 Å². The second-order valence-corrected chi connectivity index (χ2v) is 5.93. The number of hydrogen-bond acceptors (Lipinski definition) is 5. The van der Waals surface area contributed by atoms with Gasteiger partial charge in [0.05, 0.1) is 10.5 Å². The molecule has 1 heterocycles. The smallest absolute Gasteiger partial charge is 0.269 e. The van der Waals surface area contributed by atoms with E-state index >= 15 is 0 Å². The van der Waals surface area contributed by atoms with Crippen molar-refractivity contribution in [2.75, 3.05) is 0 Å². The van der Waals surface area contributed by atoms with Crippen molar-refractivity contribution in [1.29, 1.82) is 0 Å². The van der Waals surface area contributed by atoms with E-state index < -0.39 is 11.2 Å². The minimum absolute atomic E-state index is 0.0751. The van der Waals surface area contributed by atoms with E-state index in [0.717, 1.165) is 4.47 Å². The number of hydrazone groups is 1. The highest BCUT2D eigenvalue weighted by molar-refractivity contribution is 9.10. The zero-order valence-electron chi connectivity index (χ0n) is 12.5. The van der Waals surface area contributed by atoms with Crippen LogP contribution in [-0.2, 0) is 9.53 Å². The Kier molecular flexibility index (Phi) is 4.30. The van der Waals surface area contributed by atoms with Crippen molar-refractivity contribution in [1.82, 2.24) is 5.01 Å². The molecule has 1 aliphatic heterocycles. The third-order valence-corrected chi connectivity index (χ3v) is 4.13. The zero-order valence-corrected chi connectivity index (χ0v) is 14.1. The maximum Gasteiger partial charge on any atom is 0.269 e. The Morgan fingerprint density at radius 1 is 1.29 bits per heavy atom. The molecule has 8 heteroatoms. The van der Waals surface area contributed by atoms with Crippen LogP contribution in [-0.4, -0.2) is 21.7 Å². The van der Waals surface area contributed by atoms with Crippen LogP contribution in [0, 0.1) is 10.1 Å². The highest BCUT2D eigenvalue weighted by Crippen LogP contribution is 2.33. The van der Waals surface area contributed by atoms with Gasteiger partial charge in [0.15, 0.2) is 0 Å². The van der Waals surface area contributed by atoms with E-state index in [-0.39, 0.29) is 17.5 Å². The number of hydrogen-bond donors (Lipinski definition) is 0. The number of non-ortho nitro benzene ring substituents is 1. The lowest BCUT2D eigenvalue weighted by Gasteiger charge is -2.19. The topological polar surface area (TPSA) is 85.0 Å². The minimum Gasteiger partial charge on any atom is -0.446 e. The summed E-state index contributed by atoms with van der Waals surface area (Å²) in [5.41, 5.74) is 1.09. The van der Waals surface area contributed by atoms with E-state index in [1.54, 1.807) is 18.2 Å². The van der Waals surface area contributed by atoms with E-state index in [0.29, 0.717) is 11.1 Å². The van der Waals surface area contributed by atoms with Crippen LogP contribution in [0.4, 0.5) is 5.69 Å². The van der Waals surface area contributed by atoms with Gasteiger partial charge in [-0.1, -0.05) is 24.3 Å². The minimum atomic E-state index is -0.843. The van der Waals surface area contributed by atoms with Crippen LogP contribution in [0.2, 0.25) is 0 Å². The number of nitrogens with zero attached hydrogens (tertiary/aromatic N) is 3. The number of carbonyl (C=O) groups excluding carboxylic acids is 1. The Bertz CT molecular complexity index is 853. The van der Waals surface area contributed by atoms with Crippen LogP contribution in [0.15, 0.2) is 58.1 Å². The first-order valence-electron chi connectivity index (χ1n) is 7.01. The van der Waals surface area contributed by atoms with Gasteiger partial charge in [-0.15, -0.1) is 5.10 Å². The first kappa shape index (κ1) is 16.1. The van der Waals surface area contributed by atoms with E-state index in [4.69, 9.17) is 4.74 Å². The molecular weight excluding hydrogens is 378 g/mol. The summed E-state index contributed by atoms with van der Waals surface area (Å²) in [6.07, 6.45) is -0.843. The van der Waals surface area contributed by atoms with Crippen LogP contribution in [0.25, 0.3) is 0 Å². The third-order valence-electron chi connectivity index (χ3n) is 3.44. The molecule has 0 aromatic heterocycles. The molecule has 1 aliphatic rings. The fraction of sp³-hybridized carbons (Fsp3) is 0.125. The Hall–Kier alpha value is -2.74. The Labute approximate surface area is 145 Å². The number of rotatable bonds is 3. The molecule has 0 fully saturated rings. The lowest BCUT2D eigenvalue weighted by atomic mass is 10.1. The van der Waals surface area contributed by atoms with Gasteiger partial charge < -0.3 is 4.74 Å². The summed E-state index contributed by atoms with van der Waals surface area (Å²) in [7, 11) is 0. The molecule has 2 aromatic carbocycles. The number of ether oxygens (including phenoxy) is 1. The molecule has 0 saturated heterocycles. The van der Waals surface area contributed by atoms with Crippen molar-refractivity contribution in [3.63, 3.8) is 0 Å². The zero-order chi connectivity index (χ0) is 17.3. The molecule has 1 amide bonds. The fourth-order valence-corrected chi connectivity index (χ4v) is 2.77. The molecule has 0 unspecified atom stereocenters. The molecule has 0 radical (unpaired) electrons. The Morgan fingerprint density at radius 2 is 2.04 bits per heavy atom. The van der Waals surface area contributed by atoms with Gasteiger partial charge in [-0.25, -0.2) is 0 Å². The van der Waals surface area contributed by atoms with Crippen LogP contribution in [0.5, 0.6) is 0 Å². The monoisotopic (exact) mass is 389 g/mol. The van der Waals surface area contributed by atoms with Gasteiger partial charge in [0.1, 0.15) is 0 Å². The SMILES string of the molecule is CC(=O)N1N=C(c2ccccc2Br)O[C@@H]1c1cccc([N+](=O)[O-])c1. The summed E-state index contributed by atoms with van der Waals surface area (Å²) in [6.45, 7) is 1.36. The average Bonchev–Trinajstić information content (AvgIpc) is 3.01. The summed E-state index contributed by atoms with van der Waals surface area (Å²) in [4.78, 5) is 22.4. The maximum atomic E-state index is 11.9. The molecule has 24 heavy (non-hydrogen) atoms. The highest BCUT2D eigenvalue weighted by Gasteiger charge is 2.34. The normalized spacial score (nSPS) is 16.5. The standard InChI is InChI=1S/C16H12BrN3O4/c1-10(21)19-16(11-5-4-6-12(9-11)20(22)23)24-15(18-19)13-7-2-3-8-14(13)17/h2-9,16H,1H3/t16-/m1/s1. The number of amides is 1. The van der Waals surface area contributed by atoms with E-state index in [9.17, 15) is 14.9 Å². The molecule has 1 atom stereocenters. The van der Waals surface area contributed by atoms with Crippen LogP contribution < -0.4 is 0 Å². The van der Waals surface area contributed by atoms with Crippen molar-refractivity contribution < 1.29 is 14.5 Å². The van der Waals surface area contributed by atoms with Crippen LogP contribution in [0.3, 0.4) is 0 Å². The first-order chi connectivity index (χ1) is 11.5. The molecule has 3 rings (SSSR count). The predicted molar refractivity (Wildman–Crippen MR) is 90.1 cm³/mol. The molecule has 0 bridgehead atoms. The molecule has 2 aromatic rings. The van der Waals surface area contributed by atoms with Crippen LogP contribution >= 0.6 is 15.9 Å². The lowest BCUT2D eigenvalue weighted by Crippen LogP contribution is -2.25. The first-order valence-corrected chi connectivity index (χ1v) is 7.81. The molecule has 0 aliphatic carbocycles. The molecular formula is C16H12BrN3O4. The quantitative estimate of drug-likeness (QED) is 0.592. The Morgan fingerprint density at radius 3 is 2.71 bits per heavy atom. The highest BCUT2D eigenvalue weighted by atomic mass is 79.9.